The van der Waals surface area contributed by atoms with Crippen molar-refractivity contribution in [3.8, 4) is 0 Å². The van der Waals surface area contributed by atoms with Gasteiger partial charge in [0.05, 0.1) is 0 Å². The van der Waals surface area contributed by atoms with Crippen LogP contribution in [0.3, 0.4) is 0 Å². The minimum atomic E-state index is -0.224. The van der Waals surface area contributed by atoms with E-state index < -0.39 is 0 Å². The van der Waals surface area contributed by atoms with Crippen LogP contribution in [0.5, 0.6) is 0 Å². The van der Waals surface area contributed by atoms with Crippen LogP contribution in [-0.2, 0) is 14.4 Å². The molecule has 0 aromatic rings. The zero-order chi connectivity index (χ0) is 15.1. The maximum atomic E-state index is 11.7. The second kappa shape index (κ2) is 9.53. The van der Waals surface area contributed by atoms with E-state index in [-0.39, 0.29) is 32.5 Å². The zero-order valence-corrected chi connectivity index (χ0v) is 12.6. The molecular formula is C16H32N2O3. The summed E-state index contributed by atoms with van der Waals surface area (Å²) in [5, 5.41) is 0. The Morgan fingerprint density at radius 3 is 2.05 bits per heavy atom. The normalized spacial score (nSPS) is 25.5. The van der Waals surface area contributed by atoms with Crippen molar-refractivity contribution in [3.63, 3.8) is 0 Å². The van der Waals surface area contributed by atoms with Crippen molar-refractivity contribution in [1.29, 1.82) is 0 Å². The van der Waals surface area contributed by atoms with E-state index in [1.807, 2.05) is 13.8 Å². The van der Waals surface area contributed by atoms with Gasteiger partial charge in [0.2, 0.25) is 17.7 Å². The highest BCUT2D eigenvalue weighted by atomic mass is 16.2. The topological polar surface area (TPSA) is 80.5 Å². The number of nitrogens with zero attached hydrogens (tertiary/aromatic N) is 1. The number of nitrogens with two attached hydrogens (primary N) is 1. The molecule has 0 radical (unpaired) electrons. The molecular weight excluding hydrogens is 268 g/mol. The van der Waals surface area contributed by atoms with Gasteiger partial charge in [0, 0.05) is 26.7 Å². The quantitative estimate of drug-likeness (QED) is 0.814. The number of primary amides is 1. The summed E-state index contributed by atoms with van der Waals surface area (Å²) < 4.78 is 0. The number of rotatable bonds is 3. The smallest absolute Gasteiger partial charge is 0.229 e. The van der Waals surface area contributed by atoms with E-state index in [2.05, 4.69) is 0 Å². The molecule has 1 aliphatic heterocycles. The van der Waals surface area contributed by atoms with Gasteiger partial charge in [-0.1, -0.05) is 21.3 Å². The van der Waals surface area contributed by atoms with Crippen molar-refractivity contribution >= 4 is 17.7 Å². The third kappa shape index (κ3) is 5.48. The van der Waals surface area contributed by atoms with Crippen LogP contribution in [0.15, 0.2) is 0 Å². The lowest BCUT2D eigenvalue weighted by atomic mass is 9.81. The minimum Gasteiger partial charge on any atom is -0.369 e. The Morgan fingerprint density at radius 2 is 1.62 bits per heavy atom. The van der Waals surface area contributed by atoms with Gasteiger partial charge in [-0.15, -0.1) is 0 Å². The summed E-state index contributed by atoms with van der Waals surface area (Å²) in [5.74, 6) is 0.0192. The summed E-state index contributed by atoms with van der Waals surface area (Å²) in [6, 6.07) is 0. The highest BCUT2D eigenvalue weighted by Crippen LogP contribution is 2.30. The summed E-state index contributed by atoms with van der Waals surface area (Å²) >= 11 is 0. The lowest BCUT2D eigenvalue weighted by Crippen LogP contribution is -2.43. The number of hydrogen-bond donors (Lipinski definition) is 1. The van der Waals surface area contributed by atoms with E-state index in [0.717, 1.165) is 25.7 Å². The largest absolute Gasteiger partial charge is 0.369 e. The van der Waals surface area contributed by atoms with E-state index in [0.29, 0.717) is 31.7 Å². The van der Waals surface area contributed by atoms with Gasteiger partial charge in [0.1, 0.15) is 0 Å². The Bertz CT molecular complexity index is 350. The number of imide groups is 1. The van der Waals surface area contributed by atoms with Crippen molar-refractivity contribution in [2.75, 3.05) is 6.54 Å². The van der Waals surface area contributed by atoms with Crippen LogP contribution in [0.2, 0.25) is 0 Å². The van der Waals surface area contributed by atoms with Crippen molar-refractivity contribution in [2.45, 2.75) is 66.2 Å². The molecule has 2 N–H and O–H groups in total. The van der Waals surface area contributed by atoms with Crippen LogP contribution < -0.4 is 5.73 Å². The lowest BCUT2D eigenvalue weighted by Gasteiger charge is -2.32. The van der Waals surface area contributed by atoms with Gasteiger partial charge in [-0.05, 0) is 38.0 Å². The average molecular weight is 300 g/mol. The third-order valence-electron chi connectivity index (χ3n) is 4.07. The first kappa shape index (κ1) is 19.6. The van der Waals surface area contributed by atoms with E-state index >= 15 is 0 Å². The van der Waals surface area contributed by atoms with E-state index in [1.165, 1.54) is 4.90 Å². The predicted octanol–water partition coefficient (Wildman–Crippen LogP) is 2.73. The molecule has 5 nitrogen and oxygen atoms in total. The second-order valence-electron chi connectivity index (χ2n) is 5.37. The molecule has 0 aromatic heterocycles. The molecule has 2 fully saturated rings. The summed E-state index contributed by atoms with van der Waals surface area (Å²) in [4.78, 5) is 35.8. The van der Waals surface area contributed by atoms with Crippen LogP contribution in [0.1, 0.15) is 67.6 Å². The molecule has 3 amide bonds. The maximum Gasteiger partial charge on any atom is 0.229 e. The van der Waals surface area contributed by atoms with Crippen LogP contribution in [0.4, 0.5) is 0 Å². The fourth-order valence-corrected chi connectivity index (χ4v) is 2.89. The van der Waals surface area contributed by atoms with E-state index in [9.17, 15) is 14.4 Å². The van der Waals surface area contributed by atoms with Crippen molar-refractivity contribution in [2.24, 2.45) is 17.6 Å². The molecule has 0 unspecified atom stereocenters. The molecule has 21 heavy (non-hydrogen) atoms. The van der Waals surface area contributed by atoms with Crippen molar-refractivity contribution in [3.05, 3.63) is 0 Å². The van der Waals surface area contributed by atoms with Gasteiger partial charge >= 0.3 is 0 Å². The van der Waals surface area contributed by atoms with Crippen LogP contribution in [0, 0.1) is 11.8 Å². The number of carbonyl (C=O) groups excluding carboxylic acids is 3. The maximum absolute atomic E-state index is 11.7. The predicted molar refractivity (Wildman–Crippen MR) is 85.4 cm³/mol. The number of amides is 3. The van der Waals surface area contributed by atoms with Crippen molar-refractivity contribution < 1.29 is 15.8 Å². The van der Waals surface area contributed by atoms with E-state index in [1.54, 1.807) is 0 Å². The molecule has 0 atom stereocenters. The Morgan fingerprint density at radius 1 is 1.14 bits per heavy atom. The molecule has 0 spiro atoms. The standard InChI is InChI=1S/C13H20N2O3.C2H6.CH4.H2/c14-13(18)10-6-4-9(5-7-10)8-15-11(16)2-1-3-12(15)17;1-2;;/h9-10H,1-8H2,(H2,14,18);1-2H3;1H4;1H. The monoisotopic (exact) mass is 300 g/mol. The Balaban J connectivity index is 0. The van der Waals surface area contributed by atoms with Crippen LogP contribution in [0.25, 0.3) is 0 Å². The van der Waals surface area contributed by atoms with Gasteiger partial charge < -0.3 is 5.73 Å². The molecule has 1 heterocycles. The SMILES string of the molecule is C.CC.NC(=O)C1CCC(CN2C(=O)CCCC2=O)CC1.[HH]. The minimum absolute atomic E-state index is 0. The Kier molecular flexibility index (Phi) is 8.90. The van der Waals surface area contributed by atoms with Crippen LogP contribution >= 0.6 is 0 Å². The first-order chi connectivity index (χ1) is 9.58. The average Bonchev–Trinajstić information content (AvgIpc) is 2.46. The summed E-state index contributed by atoms with van der Waals surface area (Å²) in [7, 11) is 0. The van der Waals surface area contributed by atoms with Crippen molar-refractivity contribution in [1.82, 2.24) is 4.90 Å². The molecule has 2 rings (SSSR count). The first-order valence-corrected chi connectivity index (χ1v) is 7.70. The van der Waals surface area contributed by atoms with Gasteiger partial charge in [0.15, 0.2) is 0 Å². The highest BCUT2D eigenvalue weighted by molar-refractivity contribution is 5.97. The van der Waals surface area contributed by atoms with Gasteiger partial charge in [-0.25, -0.2) is 0 Å². The van der Waals surface area contributed by atoms with Crippen LogP contribution in [-0.4, -0.2) is 29.2 Å². The number of carbonyl (C=O) groups is 3. The molecule has 1 saturated carbocycles. The van der Waals surface area contributed by atoms with Gasteiger partial charge in [0.25, 0.3) is 0 Å². The summed E-state index contributed by atoms with van der Waals surface area (Å²) in [5.41, 5.74) is 5.28. The van der Waals surface area contributed by atoms with Gasteiger partial charge in [-0.3, -0.25) is 19.3 Å². The Labute approximate surface area is 129 Å². The number of piperidine rings is 1. The fourth-order valence-electron chi connectivity index (χ4n) is 2.89. The fraction of sp³-hybridized carbons (Fsp3) is 0.812. The molecule has 124 valence electrons. The van der Waals surface area contributed by atoms with E-state index in [4.69, 9.17) is 5.73 Å². The molecule has 0 aromatic carbocycles. The molecule has 5 heteroatoms. The third-order valence-corrected chi connectivity index (χ3v) is 4.07. The first-order valence-electron chi connectivity index (χ1n) is 7.70. The second-order valence-corrected chi connectivity index (χ2v) is 5.37. The number of likely N-dealkylation sites (tertiary alicyclic amines) is 1. The highest BCUT2D eigenvalue weighted by Gasteiger charge is 2.31. The lowest BCUT2D eigenvalue weighted by molar-refractivity contribution is -0.149. The number of hydrogen-bond acceptors (Lipinski definition) is 3. The zero-order valence-electron chi connectivity index (χ0n) is 12.6. The summed E-state index contributed by atoms with van der Waals surface area (Å²) in [6.45, 7) is 4.53. The van der Waals surface area contributed by atoms with Gasteiger partial charge in [-0.2, -0.15) is 0 Å². The summed E-state index contributed by atoms with van der Waals surface area (Å²) in [6.07, 6.45) is 5.00. The molecule has 0 bridgehead atoms. The molecule has 1 saturated heterocycles. The molecule has 2 aliphatic rings. The molecule has 1 aliphatic carbocycles. The Hall–Kier alpha value is -1.39.